The van der Waals surface area contributed by atoms with Crippen molar-refractivity contribution < 1.29 is 9.53 Å². The molecule has 2 heterocycles. The number of ether oxygens (including phenoxy) is 1. The Morgan fingerprint density at radius 2 is 1.92 bits per heavy atom. The molecule has 0 aliphatic heterocycles. The van der Waals surface area contributed by atoms with Crippen molar-refractivity contribution in [2.45, 2.75) is 0 Å². The summed E-state index contributed by atoms with van der Waals surface area (Å²) in [6, 6.07) is 16.4. The van der Waals surface area contributed by atoms with Gasteiger partial charge in [-0.2, -0.15) is 5.10 Å². The zero-order valence-corrected chi connectivity index (χ0v) is 14.0. The third kappa shape index (κ3) is 3.10. The van der Waals surface area contributed by atoms with Crippen LogP contribution >= 0.6 is 0 Å². The predicted molar refractivity (Wildman–Crippen MR) is 97.6 cm³/mol. The smallest absolute Gasteiger partial charge is 0.274 e. The minimum atomic E-state index is -0.267. The molecule has 26 heavy (non-hydrogen) atoms. The van der Waals surface area contributed by atoms with Crippen LogP contribution in [0.2, 0.25) is 0 Å². The van der Waals surface area contributed by atoms with Crippen LogP contribution in [0.25, 0.3) is 16.6 Å². The summed E-state index contributed by atoms with van der Waals surface area (Å²) >= 11 is 0. The number of amides is 1. The van der Waals surface area contributed by atoms with Gasteiger partial charge < -0.3 is 10.1 Å². The summed E-state index contributed by atoms with van der Waals surface area (Å²) < 4.78 is 6.84. The van der Waals surface area contributed by atoms with Crippen molar-refractivity contribution in [1.29, 1.82) is 0 Å². The van der Waals surface area contributed by atoms with Gasteiger partial charge in [0.1, 0.15) is 24.1 Å². The molecule has 0 unspecified atom stereocenters. The van der Waals surface area contributed by atoms with Crippen LogP contribution in [0.3, 0.4) is 0 Å². The first-order chi connectivity index (χ1) is 12.7. The maximum Gasteiger partial charge on any atom is 0.274 e. The summed E-state index contributed by atoms with van der Waals surface area (Å²) in [7, 11) is 1.62. The number of anilines is 1. The quantitative estimate of drug-likeness (QED) is 0.615. The molecule has 4 aromatic rings. The van der Waals surface area contributed by atoms with Crippen molar-refractivity contribution in [1.82, 2.24) is 19.7 Å². The van der Waals surface area contributed by atoms with E-state index in [1.165, 1.54) is 6.33 Å². The molecule has 0 saturated carbocycles. The Labute approximate surface area is 149 Å². The molecule has 0 aliphatic carbocycles. The van der Waals surface area contributed by atoms with Crippen molar-refractivity contribution in [3.8, 4) is 11.4 Å². The van der Waals surface area contributed by atoms with Crippen molar-refractivity contribution in [2.24, 2.45) is 0 Å². The van der Waals surface area contributed by atoms with Crippen LogP contribution in [0.1, 0.15) is 10.5 Å². The summed E-state index contributed by atoms with van der Waals surface area (Å²) in [5.74, 6) is 0.486. The molecule has 7 nitrogen and oxygen atoms in total. The normalized spacial score (nSPS) is 10.7. The second kappa shape index (κ2) is 6.64. The Morgan fingerprint density at radius 1 is 1.08 bits per heavy atom. The largest absolute Gasteiger partial charge is 0.497 e. The molecule has 2 aromatic heterocycles. The van der Waals surface area contributed by atoms with E-state index in [4.69, 9.17) is 4.74 Å². The van der Waals surface area contributed by atoms with E-state index in [0.717, 1.165) is 22.3 Å². The fourth-order valence-electron chi connectivity index (χ4n) is 2.59. The number of methoxy groups -OCH3 is 1. The van der Waals surface area contributed by atoms with Gasteiger partial charge in [-0.15, -0.1) is 0 Å². The topological polar surface area (TPSA) is 81.9 Å². The van der Waals surface area contributed by atoms with Crippen LogP contribution in [0.5, 0.6) is 5.75 Å². The Hall–Kier alpha value is -3.74. The number of nitrogens with zero attached hydrogens (tertiary/aromatic N) is 4. The molecule has 7 heteroatoms. The maximum atomic E-state index is 12.5. The van der Waals surface area contributed by atoms with Gasteiger partial charge in [-0.3, -0.25) is 4.79 Å². The molecule has 0 atom stereocenters. The molecular formula is C19H15N5O2. The summed E-state index contributed by atoms with van der Waals surface area (Å²) in [6.45, 7) is 0. The second-order valence-corrected chi connectivity index (χ2v) is 5.60. The standard InChI is InChI=1S/C19H15N5O2/c1-26-16-7-9-17-13(10-16)2-8-18(23-17)19(25)22-14-3-5-15(6-4-14)24-12-20-11-21-24/h2-12H,1H3,(H,22,25). The van der Waals surface area contributed by atoms with Gasteiger partial charge in [0.15, 0.2) is 0 Å². The van der Waals surface area contributed by atoms with Crippen molar-refractivity contribution in [3.05, 3.63) is 72.9 Å². The minimum absolute atomic E-state index is 0.267. The highest BCUT2D eigenvalue weighted by molar-refractivity contribution is 6.04. The number of hydrogen-bond donors (Lipinski definition) is 1. The minimum Gasteiger partial charge on any atom is -0.497 e. The van der Waals surface area contributed by atoms with E-state index in [1.807, 2.05) is 36.4 Å². The highest BCUT2D eigenvalue weighted by Gasteiger charge is 2.09. The third-order valence-corrected chi connectivity index (χ3v) is 3.94. The number of pyridine rings is 1. The van der Waals surface area contributed by atoms with E-state index in [0.29, 0.717) is 11.4 Å². The highest BCUT2D eigenvalue weighted by atomic mass is 16.5. The zero-order chi connectivity index (χ0) is 17.9. The van der Waals surface area contributed by atoms with Gasteiger partial charge in [-0.25, -0.2) is 14.6 Å². The van der Waals surface area contributed by atoms with Gasteiger partial charge >= 0.3 is 0 Å². The summed E-state index contributed by atoms with van der Waals surface area (Å²) in [5.41, 5.74) is 2.62. The summed E-state index contributed by atoms with van der Waals surface area (Å²) in [6.07, 6.45) is 3.08. The zero-order valence-electron chi connectivity index (χ0n) is 14.0. The van der Waals surface area contributed by atoms with Crippen LogP contribution < -0.4 is 10.1 Å². The van der Waals surface area contributed by atoms with E-state index in [-0.39, 0.29) is 5.91 Å². The lowest BCUT2D eigenvalue weighted by Gasteiger charge is -2.07. The third-order valence-electron chi connectivity index (χ3n) is 3.94. The lowest BCUT2D eigenvalue weighted by molar-refractivity contribution is 0.102. The predicted octanol–water partition coefficient (Wildman–Crippen LogP) is 3.08. The van der Waals surface area contributed by atoms with E-state index < -0.39 is 0 Å². The monoisotopic (exact) mass is 345 g/mol. The molecule has 0 fully saturated rings. The van der Waals surface area contributed by atoms with Crippen molar-refractivity contribution in [3.63, 3.8) is 0 Å². The van der Waals surface area contributed by atoms with Gasteiger partial charge in [-0.1, -0.05) is 6.07 Å². The summed E-state index contributed by atoms with van der Waals surface area (Å²) in [5, 5.41) is 7.83. The van der Waals surface area contributed by atoms with Gasteiger partial charge in [0.25, 0.3) is 5.91 Å². The van der Waals surface area contributed by atoms with Gasteiger partial charge in [0.05, 0.1) is 18.3 Å². The molecule has 4 rings (SSSR count). The first-order valence-electron chi connectivity index (χ1n) is 7.94. The molecule has 0 saturated heterocycles. The van der Waals surface area contributed by atoms with Crippen LogP contribution in [0.4, 0.5) is 5.69 Å². The average molecular weight is 345 g/mol. The van der Waals surface area contributed by atoms with Gasteiger partial charge in [0, 0.05) is 11.1 Å². The number of nitrogens with one attached hydrogen (secondary N) is 1. The number of carbonyl (C=O) groups excluding carboxylic acids is 1. The second-order valence-electron chi connectivity index (χ2n) is 5.60. The fraction of sp³-hybridized carbons (Fsp3) is 0.0526. The number of hydrogen-bond acceptors (Lipinski definition) is 5. The van der Waals surface area contributed by atoms with E-state index >= 15 is 0 Å². The van der Waals surface area contributed by atoms with Crippen molar-refractivity contribution >= 4 is 22.5 Å². The Balaban J connectivity index is 1.53. The molecule has 0 spiro atoms. The Morgan fingerprint density at radius 3 is 2.65 bits per heavy atom. The first kappa shape index (κ1) is 15.8. The molecule has 0 bridgehead atoms. The van der Waals surface area contributed by atoms with Gasteiger partial charge in [0.2, 0.25) is 0 Å². The van der Waals surface area contributed by atoms with Crippen LogP contribution in [0, 0.1) is 0 Å². The molecule has 0 radical (unpaired) electrons. The fourth-order valence-corrected chi connectivity index (χ4v) is 2.59. The molecule has 0 aliphatic rings. The molecule has 1 N–H and O–H groups in total. The highest BCUT2D eigenvalue weighted by Crippen LogP contribution is 2.20. The lowest BCUT2D eigenvalue weighted by Crippen LogP contribution is -2.13. The first-order valence-corrected chi connectivity index (χ1v) is 7.94. The van der Waals surface area contributed by atoms with Crippen LogP contribution in [-0.4, -0.2) is 32.8 Å². The lowest BCUT2D eigenvalue weighted by atomic mass is 10.2. The van der Waals surface area contributed by atoms with Crippen LogP contribution in [0.15, 0.2) is 67.3 Å². The van der Waals surface area contributed by atoms with E-state index in [2.05, 4.69) is 20.4 Å². The molecule has 2 aromatic carbocycles. The number of rotatable bonds is 4. The summed E-state index contributed by atoms with van der Waals surface area (Å²) in [4.78, 5) is 20.8. The Kier molecular flexibility index (Phi) is 4.03. The SMILES string of the molecule is COc1ccc2nc(C(=O)Nc3ccc(-n4cncn4)cc3)ccc2c1. The number of benzene rings is 2. The molecule has 128 valence electrons. The number of fused-ring (bicyclic) bond motifs is 1. The Bertz CT molecular complexity index is 1060. The van der Waals surface area contributed by atoms with E-state index in [9.17, 15) is 4.79 Å². The number of carbonyl (C=O) groups is 1. The van der Waals surface area contributed by atoms with Gasteiger partial charge in [-0.05, 0) is 48.5 Å². The molecular weight excluding hydrogens is 330 g/mol. The van der Waals surface area contributed by atoms with E-state index in [1.54, 1.807) is 36.3 Å². The molecule has 1 amide bonds. The van der Waals surface area contributed by atoms with Crippen molar-refractivity contribution in [2.75, 3.05) is 12.4 Å². The average Bonchev–Trinajstić information content (AvgIpc) is 3.22. The number of aromatic nitrogens is 4. The van der Waals surface area contributed by atoms with Crippen LogP contribution in [-0.2, 0) is 0 Å². The maximum absolute atomic E-state index is 12.5.